The molecule has 36 heavy (non-hydrogen) atoms. The average molecular weight is 495 g/mol. The van der Waals surface area contributed by atoms with Gasteiger partial charge in [0.15, 0.2) is 5.69 Å². The van der Waals surface area contributed by atoms with Gasteiger partial charge < -0.3 is 5.32 Å². The maximum Gasteiger partial charge on any atom is 0.435 e. The van der Waals surface area contributed by atoms with Crippen molar-refractivity contribution in [3.63, 3.8) is 0 Å². The van der Waals surface area contributed by atoms with Gasteiger partial charge in [-0.2, -0.15) is 18.3 Å². The minimum absolute atomic E-state index is 0.216. The molecule has 1 aliphatic carbocycles. The van der Waals surface area contributed by atoms with Crippen LogP contribution in [0.1, 0.15) is 47.1 Å². The highest BCUT2D eigenvalue weighted by Gasteiger charge is 2.39. The monoisotopic (exact) mass is 494 g/mol. The summed E-state index contributed by atoms with van der Waals surface area (Å²) in [5.74, 6) is -0.429. The molecule has 2 heterocycles. The molecule has 1 amide bonds. The summed E-state index contributed by atoms with van der Waals surface area (Å²) in [6.07, 6.45) is -0.239. The van der Waals surface area contributed by atoms with Crippen LogP contribution in [-0.4, -0.2) is 30.7 Å². The standard InChI is InChI=1S/C26H25F3N6O/c27-26(28,29)25-20-13-7-8-14-22(20)34(32-25)17-24(36)31-21(15-18-9-3-1-4-10-18)23-16-30-33-35(23)19-11-5-2-6-12-19/h1-6,9-12,16,21H,7-8,13-15,17H2,(H,31,36). The fourth-order valence-electron chi connectivity index (χ4n) is 4.74. The first-order valence-electron chi connectivity index (χ1n) is 11.8. The smallest absolute Gasteiger partial charge is 0.346 e. The molecule has 4 aromatic rings. The number of carbonyl (C=O) groups is 1. The molecule has 0 saturated carbocycles. The Labute approximate surface area is 205 Å². The number of hydrogen-bond donors (Lipinski definition) is 1. The first-order valence-corrected chi connectivity index (χ1v) is 11.8. The van der Waals surface area contributed by atoms with Gasteiger partial charge in [-0.1, -0.05) is 53.7 Å². The largest absolute Gasteiger partial charge is 0.435 e. The van der Waals surface area contributed by atoms with Crippen LogP contribution in [0.3, 0.4) is 0 Å². The van der Waals surface area contributed by atoms with Gasteiger partial charge in [-0.15, -0.1) is 5.10 Å². The number of halogens is 3. The van der Waals surface area contributed by atoms with Crippen LogP contribution in [-0.2, 0) is 36.8 Å². The summed E-state index contributed by atoms with van der Waals surface area (Å²) in [4.78, 5) is 13.2. The molecule has 7 nitrogen and oxygen atoms in total. The zero-order valence-corrected chi connectivity index (χ0v) is 19.4. The van der Waals surface area contributed by atoms with Crippen LogP contribution in [0, 0.1) is 0 Å². The quantitative estimate of drug-likeness (QED) is 0.412. The van der Waals surface area contributed by atoms with Crippen LogP contribution >= 0.6 is 0 Å². The van der Waals surface area contributed by atoms with E-state index in [4.69, 9.17) is 0 Å². The van der Waals surface area contributed by atoms with Crippen LogP contribution in [0.5, 0.6) is 0 Å². The number of nitrogens with zero attached hydrogens (tertiary/aromatic N) is 5. The summed E-state index contributed by atoms with van der Waals surface area (Å²) in [5.41, 5.74) is 2.27. The first-order chi connectivity index (χ1) is 17.4. The van der Waals surface area contributed by atoms with Crippen molar-refractivity contribution in [3.05, 3.63) is 95.1 Å². The van der Waals surface area contributed by atoms with Gasteiger partial charge in [-0.3, -0.25) is 9.48 Å². The van der Waals surface area contributed by atoms with E-state index in [1.54, 1.807) is 10.9 Å². The maximum atomic E-state index is 13.6. The van der Waals surface area contributed by atoms with E-state index in [0.29, 0.717) is 37.1 Å². The number of aromatic nitrogens is 5. The molecule has 1 N–H and O–H groups in total. The highest BCUT2D eigenvalue weighted by molar-refractivity contribution is 5.76. The molecular formula is C26H25F3N6O. The summed E-state index contributed by atoms with van der Waals surface area (Å²) in [7, 11) is 0. The second kappa shape index (κ2) is 9.96. The highest BCUT2D eigenvalue weighted by Crippen LogP contribution is 2.35. The number of benzene rings is 2. The predicted octanol–water partition coefficient (Wildman–Crippen LogP) is 4.46. The molecule has 1 unspecified atom stereocenters. The molecule has 5 rings (SSSR count). The average Bonchev–Trinajstić information content (AvgIpc) is 3.50. The third kappa shape index (κ3) is 5.02. The molecule has 0 radical (unpaired) electrons. The Hall–Kier alpha value is -3.95. The number of rotatable bonds is 7. The van der Waals surface area contributed by atoms with Gasteiger partial charge in [-0.25, -0.2) is 4.68 Å². The fraction of sp³-hybridized carbons (Fsp3) is 0.308. The van der Waals surface area contributed by atoms with Gasteiger partial charge in [0.2, 0.25) is 5.91 Å². The zero-order valence-electron chi connectivity index (χ0n) is 19.4. The second-order valence-corrected chi connectivity index (χ2v) is 8.85. The summed E-state index contributed by atoms with van der Waals surface area (Å²) in [6.45, 7) is -0.295. The van der Waals surface area contributed by atoms with E-state index in [9.17, 15) is 18.0 Å². The molecule has 0 aliphatic heterocycles. The van der Waals surface area contributed by atoms with Gasteiger partial charge in [0, 0.05) is 11.3 Å². The van der Waals surface area contributed by atoms with Gasteiger partial charge in [0.25, 0.3) is 0 Å². The third-order valence-electron chi connectivity index (χ3n) is 6.37. The first kappa shape index (κ1) is 23.8. The van der Waals surface area contributed by atoms with E-state index < -0.39 is 23.8 Å². The molecule has 10 heteroatoms. The van der Waals surface area contributed by atoms with Crippen LogP contribution in [0.4, 0.5) is 13.2 Å². The molecule has 186 valence electrons. The summed E-state index contributed by atoms with van der Waals surface area (Å²) >= 11 is 0. The van der Waals surface area contributed by atoms with Gasteiger partial charge in [-0.05, 0) is 49.8 Å². The Morgan fingerprint density at radius 1 is 1.00 bits per heavy atom. The van der Waals surface area contributed by atoms with Crippen molar-refractivity contribution in [2.45, 2.75) is 50.9 Å². The third-order valence-corrected chi connectivity index (χ3v) is 6.37. The Bertz CT molecular complexity index is 1330. The molecule has 0 spiro atoms. The van der Waals surface area contributed by atoms with Crippen molar-refractivity contribution in [3.8, 4) is 5.69 Å². The predicted molar refractivity (Wildman–Crippen MR) is 126 cm³/mol. The van der Waals surface area contributed by atoms with E-state index in [0.717, 1.165) is 17.7 Å². The van der Waals surface area contributed by atoms with Crippen LogP contribution < -0.4 is 5.32 Å². The van der Waals surface area contributed by atoms with Crippen LogP contribution in [0.15, 0.2) is 66.9 Å². The number of hydrogen-bond acceptors (Lipinski definition) is 4. The van der Waals surface area contributed by atoms with E-state index in [2.05, 4.69) is 20.7 Å². The number of nitrogens with one attached hydrogen (secondary N) is 1. The number of para-hydroxylation sites is 1. The van der Waals surface area contributed by atoms with Gasteiger partial charge >= 0.3 is 6.18 Å². The topological polar surface area (TPSA) is 77.6 Å². The van der Waals surface area contributed by atoms with Crippen molar-refractivity contribution in [1.29, 1.82) is 0 Å². The van der Waals surface area contributed by atoms with E-state index in [1.165, 1.54) is 4.68 Å². The van der Waals surface area contributed by atoms with E-state index in [-0.39, 0.29) is 12.1 Å². The molecule has 0 bridgehead atoms. The van der Waals surface area contributed by atoms with Gasteiger partial charge in [0.1, 0.15) is 6.54 Å². The normalized spacial score (nSPS) is 14.3. The Morgan fingerprint density at radius 2 is 1.69 bits per heavy atom. The van der Waals surface area contributed by atoms with Crippen molar-refractivity contribution >= 4 is 5.91 Å². The number of fused-ring (bicyclic) bond motifs is 1. The molecule has 1 atom stereocenters. The zero-order chi connectivity index (χ0) is 25.1. The minimum atomic E-state index is -4.55. The van der Waals surface area contributed by atoms with Crippen molar-refractivity contribution in [2.75, 3.05) is 0 Å². The molecule has 0 fully saturated rings. The molecule has 2 aromatic heterocycles. The Kier molecular flexibility index (Phi) is 6.58. The number of amides is 1. The Balaban J connectivity index is 1.43. The van der Waals surface area contributed by atoms with Crippen molar-refractivity contribution in [2.24, 2.45) is 0 Å². The lowest BCUT2D eigenvalue weighted by molar-refractivity contribution is -0.142. The maximum absolute atomic E-state index is 13.6. The molecule has 0 saturated heterocycles. The van der Waals surface area contributed by atoms with Gasteiger partial charge in [0.05, 0.1) is 23.6 Å². The highest BCUT2D eigenvalue weighted by atomic mass is 19.4. The number of carbonyl (C=O) groups excluding carboxylic acids is 1. The lowest BCUT2D eigenvalue weighted by Gasteiger charge is -2.20. The van der Waals surface area contributed by atoms with Crippen molar-refractivity contribution in [1.82, 2.24) is 30.1 Å². The lowest BCUT2D eigenvalue weighted by Crippen LogP contribution is -2.34. The van der Waals surface area contributed by atoms with E-state index in [1.807, 2.05) is 60.7 Å². The summed E-state index contributed by atoms with van der Waals surface area (Å²) in [5, 5.41) is 15.1. The molecular weight excluding hydrogens is 469 g/mol. The van der Waals surface area contributed by atoms with Crippen LogP contribution in [0.2, 0.25) is 0 Å². The SMILES string of the molecule is O=C(Cn1nc(C(F)(F)F)c2c1CCCC2)NC(Cc1ccccc1)c1cnnn1-c1ccccc1. The van der Waals surface area contributed by atoms with Crippen LogP contribution in [0.25, 0.3) is 5.69 Å². The van der Waals surface area contributed by atoms with Crippen molar-refractivity contribution < 1.29 is 18.0 Å². The fourth-order valence-corrected chi connectivity index (χ4v) is 4.74. The molecule has 1 aliphatic rings. The van der Waals surface area contributed by atoms with E-state index >= 15 is 0 Å². The Morgan fingerprint density at radius 3 is 2.42 bits per heavy atom. The molecule has 2 aromatic carbocycles. The number of alkyl halides is 3. The summed E-state index contributed by atoms with van der Waals surface area (Å²) in [6, 6.07) is 18.5. The minimum Gasteiger partial charge on any atom is -0.346 e. The lowest BCUT2D eigenvalue weighted by atomic mass is 9.95. The second-order valence-electron chi connectivity index (χ2n) is 8.85. The summed E-state index contributed by atoms with van der Waals surface area (Å²) < 4.78 is 43.6.